The number of hydrogen-bond acceptors (Lipinski definition) is 6. The van der Waals surface area contributed by atoms with Gasteiger partial charge in [0, 0.05) is 24.8 Å². The van der Waals surface area contributed by atoms with Crippen molar-refractivity contribution in [1.29, 1.82) is 10.8 Å². The van der Waals surface area contributed by atoms with Gasteiger partial charge in [-0.3, -0.25) is 25.4 Å². The van der Waals surface area contributed by atoms with Gasteiger partial charge in [-0.15, -0.1) is 0 Å². The molecule has 2 unspecified atom stereocenters. The second-order valence-electron chi connectivity index (χ2n) is 10.3. The molecule has 4 aliphatic rings. The zero-order valence-corrected chi connectivity index (χ0v) is 20.8. The summed E-state index contributed by atoms with van der Waals surface area (Å²) in [4.78, 5) is 31.7. The molecule has 38 heavy (non-hydrogen) atoms. The summed E-state index contributed by atoms with van der Waals surface area (Å²) in [5.74, 6) is -0.573. The molecule has 12 nitrogen and oxygen atoms in total. The van der Waals surface area contributed by atoms with Crippen LogP contribution in [-0.2, 0) is 12.8 Å². The Morgan fingerprint density at radius 1 is 1.11 bits per heavy atom. The Morgan fingerprint density at radius 2 is 1.95 bits per heavy atom. The molecule has 3 fully saturated rings. The number of aromatic nitrogens is 1. The smallest absolute Gasteiger partial charge is 0.269 e. The molecular formula is C26H31N9O3. The summed E-state index contributed by atoms with van der Waals surface area (Å²) in [6, 6.07) is 9.07. The molecule has 1 spiro atoms. The molecule has 0 bridgehead atoms. The highest BCUT2D eigenvalue weighted by atomic mass is 16.3. The van der Waals surface area contributed by atoms with Crippen LogP contribution in [-0.4, -0.2) is 81.7 Å². The fourth-order valence-corrected chi connectivity index (χ4v) is 6.33. The van der Waals surface area contributed by atoms with E-state index in [4.69, 9.17) is 10.8 Å². The molecule has 6 rings (SSSR count). The molecule has 1 aromatic carbocycles. The number of aliphatic hydroxyl groups is 1. The number of fused-ring (bicyclic) bond motifs is 1. The molecule has 1 aliphatic carbocycles. The van der Waals surface area contributed by atoms with Crippen molar-refractivity contribution in [2.24, 2.45) is 0 Å². The van der Waals surface area contributed by atoms with Crippen LogP contribution in [0.4, 0.5) is 0 Å². The standard InChI is InChI=1S/C26H31N9O3/c27-24-33-20-18(12-30-23(38)17-10-3-4-11-29-17)32-25(28)35-13-19(21(36)26(20,35)34-24)31-22(37)16-9-5-7-14-6-1-2-8-15(14)16/h3-5,7,9-11,18-21,36H,1-2,6,8,12-13H2,(H2,28,32)(H,30,38)(H,31,37)(H3,27,33,34)/t18-,19?,20-,21+,26?/m0/s1. The van der Waals surface area contributed by atoms with Crippen LogP contribution < -0.4 is 26.6 Å². The van der Waals surface area contributed by atoms with Gasteiger partial charge in [-0.25, -0.2) is 0 Å². The summed E-state index contributed by atoms with van der Waals surface area (Å²) in [6.45, 7) is 0.305. The van der Waals surface area contributed by atoms with Crippen LogP contribution in [0, 0.1) is 10.8 Å². The molecule has 4 heterocycles. The van der Waals surface area contributed by atoms with Crippen LogP contribution in [0.15, 0.2) is 42.6 Å². The minimum absolute atomic E-state index is 0.000656. The van der Waals surface area contributed by atoms with E-state index in [0.29, 0.717) is 5.56 Å². The van der Waals surface area contributed by atoms with Gasteiger partial charge in [-0.2, -0.15) is 0 Å². The summed E-state index contributed by atoms with van der Waals surface area (Å²) in [5, 5.41) is 43.6. The minimum Gasteiger partial charge on any atom is -0.386 e. The van der Waals surface area contributed by atoms with E-state index >= 15 is 0 Å². The normalized spacial score (nSPS) is 29.2. The third-order valence-corrected chi connectivity index (χ3v) is 8.09. The first-order chi connectivity index (χ1) is 18.4. The fourth-order valence-electron chi connectivity index (χ4n) is 6.33. The minimum atomic E-state index is -1.24. The highest BCUT2D eigenvalue weighted by Gasteiger charge is 2.66. The van der Waals surface area contributed by atoms with Crippen molar-refractivity contribution in [3.8, 4) is 0 Å². The quantitative estimate of drug-likeness (QED) is 0.256. The van der Waals surface area contributed by atoms with Gasteiger partial charge in [0.25, 0.3) is 11.8 Å². The molecular weight excluding hydrogens is 486 g/mol. The monoisotopic (exact) mass is 517 g/mol. The largest absolute Gasteiger partial charge is 0.386 e. The number of benzene rings is 1. The van der Waals surface area contributed by atoms with Crippen LogP contribution in [0.5, 0.6) is 0 Å². The number of rotatable bonds is 5. The van der Waals surface area contributed by atoms with E-state index in [0.717, 1.165) is 31.2 Å². The average Bonchev–Trinajstić information content (AvgIpc) is 3.43. The molecule has 8 N–H and O–H groups in total. The molecule has 198 valence electrons. The van der Waals surface area contributed by atoms with Crippen molar-refractivity contribution in [2.75, 3.05) is 13.1 Å². The Balaban J connectivity index is 1.22. The number of aliphatic hydroxyl groups excluding tert-OH is 1. The maximum atomic E-state index is 13.4. The lowest BCUT2D eigenvalue weighted by Crippen LogP contribution is -2.78. The highest BCUT2D eigenvalue weighted by Crippen LogP contribution is 2.37. The summed E-state index contributed by atoms with van der Waals surface area (Å²) in [7, 11) is 0. The van der Waals surface area contributed by atoms with Crippen LogP contribution >= 0.6 is 0 Å². The number of nitrogens with zero attached hydrogens (tertiary/aromatic N) is 2. The Kier molecular flexibility index (Phi) is 5.90. The lowest BCUT2D eigenvalue weighted by molar-refractivity contribution is 0.00612. The average molecular weight is 518 g/mol. The number of amides is 2. The number of carbonyl (C=O) groups excluding carboxylic acids is 2. The van der Waals surface area contributed by atoms with E-state index in [1.54, 1.807) is 23.1 Å². The Labute approximate surface area is 219 Å². The second-order valence-corrected chi connectivity index (χ2v) is 10.3. The van der Waals surface area contributed by atoms with Gasteiger partial charge in [0.2, 0.25) is 0 Å². The molecule has 2 amide bonds. The third kappa shape index (κ3) is 3.83. The molecule has 0 radical (unpaired) electrons. The van der Waals surface area contributed by atoms with Gasteiger partial charge in [0.1, 0.15) is 11.8 Å². The van der Waals surface area contributed by atoms with E-state index in [1.165, 1.54) is 11.8 Å². The van der Waals surface area contributed by atoms with Crippen molar-refractivity contribution in [1.82, 2.24) is 36.5 Å². The van der Waals surface area contributed by atoms with E-state index in [9.17, 15) is 14.7 Å². The predicted octanol–water partition coefficient (Wildman–Crippen LogP) is -0.736. The van der Waals surface area contributed by atoms with E-state index < -0.39 is 29.9 Å². The number of nitrogens with one attached hydrogen (secondary N) is 7. The van der Waals surface area contributed by atoms with Gasteiger partial charge >= 0.3 is 0 Å². The summed E-state index contributed by atoms with van der Waals surface area (Å²) in [6.07, 6.45) is 4.37. The van der Waals surface area contributed by atoms with E-state index in [-0.39, 0.29) is 42.5 Å². The summed E-state index contributed by atoms with van der Waals surface area (Å²) in [5.41, 5.74) is 1.92. The van der Waals surface area contributed by atoms with Crippen LogP contribution in [0.1, 0.15) is 44.8 Å². The topological polar surface area (TPSA) is 178 Å². The van der Waals surface area contributed by atoms with Gasteiger partial charge in [-0.05, 0) is 55.0 Å². The van der Waals surface area contributed by atoms with Gasteiger partial charge in [-0.1, -0.05) is 18.2 Å². The van der Waals surface area contributed by atoms with Crippen molar-refractivity contribution in [2.45, 2.75) is 55.6 Å². The molecule has 3 aliphatic heterocycles. The second kappa shape index (κ2) is 9.28. The first-order valence-electron chi connectivity index (χ1n) is 12.9. The van der Waals surface area contributed by atoms with Gasteiger partial charge in [0.15, 0.2) is 17.6 Å². The number of guanidine groups is 2. The zero-order valence-electron chi connectivity index (χ0n) is 20.8. The first-order valence-corrected chi connectivity index (χ1v) is 12.9. The van der Waals surface area contributed by atoms with Crippen molar-refractivity contribution in [3.63, 3.8) is 0 Å². The maximum absolute atomic E-state index is 13.4. The van der Waals surface area contributed by atoms with Crippen LogP contribution in [0.25, 0.3) is 0 Å². The highest BCUT2D eigenvalue weighted by molar-refractivity contribution is 5.97. The Hall–Kier alpha value is -4.19. The fraction of sp³-hybridized carbons (Fsp3) is 0.423. The van der Waals surface area contributed by atoms with E-state index in [1.807, 2.05) is 12.1 Å². The van der Waals surface area contributed by atoms with Crippen molar-refractivity contribution < 1.29 is 14.7 Å². The molecule has 12 heteroatoms. The van der Waals surface area contributed by atoms with Gasteiger partial charge < -0.3 is 36.6 Å². The van der Waals surface area contributed by atoms with Crippen molar-refractivity contribution >= 4 is 23.7 Å². The zero-order chi connectivity index (χ0) is 26.4. The maximum Gasteiger partial charge on any atom is 0.269 e. The predicted molar refractivity (Wildman–Crippen MR) is 139 cm³/mol. The lowest BCUT2D eigenvalue weighted by atomic mass is 9.86. The molecule has 2 aromatic rings. The number of carbonyl (C=O) groups is 2. The van der Waals surface area contributed by atoms with Gasteiger partial charge in [0.05, 0.1) is 18.1 Å². The molecule has 3 saturated heterocycles. The number of pyridine rings is 1. The summed E-state index contributed by atoms with van der Waals surface area (Å²) >= 11 is 0. The number of hydrogen-bond donors (Lipinski definition) is 8. The van der Waals surface area contributed by atoms with Crippen LogP contribution in [0.3, 0.4) is 0 Å². The first kappa shape index (κ1) is 24.2. The molecule has 1 aromatic heterocycles. The summed E-state index contributed by atoms with van der Waals surface area (Å²) < 4.78 is 0. The Bertz CT molecular complexity index is 1300. The molecule has 5 atom stereocenters. The SMILES string of the molecule is N=C1N[C@H]2[C@H](CNC(=O)c3ccccn3)NC(=N)N3CC(NC(=O)c4cccc5c4CCCC5)[C@@H](O)C23N1. The molecule has 0 saturated carbocycles. The van der Waals surface area contributed by atoms with E-state index in [2.05, 4.69) is 37.6 Å². The Morgan fingerprint density at radius 3 is 2.76 bits per heavy atom. The number of aryl methyl sites for hydroxylation is 1. The lowest BCUT2D eigenvalue weighted by Gasteiger charge is -2.49. The van der Waals surface area contributed by atoms with Crippen LogP contribution in [0.2, 0.25) is 0 Å². The third-order valence-electron chi connectivity index (χ3n) is 8.09. The van der Waals surface area contributed by atoms with Crippen molar-refractivity contribution in [3.05, 3.63) is 65.0 Å².